The number of carbonyl (C=O) groups is 3. The quantitative estimate of drug-likeness (QED) is 0.592. The van der Waals surface area contributed by atoms with Crippen molar-refractivity contribution in [1.29, 1.82) is 0 Å². The van der Waals surface area contributed by atoms with Crippen molar-refractivity contribution in [2.45, 2.75) is 89.3 Å². The van der Waals surface area contributed by atoms with Gasteiger partial charge in [-0.3, -0.25) is 14.4 Å². The van der Waals surface area contributed by atoms with Crippen molar-refractivity contribution in [1.82, 2.24) is 10.2 Å². The maximum Gasteiger partial charge on any atom is 0.291 e. The summed E-state index contributed by atoms with van der Waals surface area (Å²) in [5.41, 5.74) is 0.682. The Labute approximate surface area is 201 Å². The summed E-state index contributed by atoms with van der Waals surface area (Å²) < 4.78 is 5.14. The summed E-state index contributed by atoms with van der Waals surface area (Å²) in [6.45, 7) is 1.77. The van der Waals surface area contributed by atoms with E-state index in [1.54, 1.807) is 43.3 Å². The zero-order valence-electron chi connectivity index (χ0n) is 19.9. The maximum absolute atomic E-state index is 13.7. The number of nitrogens with zero attached hydrogens (tertiary/aromatic N) is 1. The first kappa shape index (κ1) is 24.0. The Hall–Kier alpha value is -3.09. The zero-order valence-corrected chi connectivity index (χ0v) is 19.9. The van der Waals surface area contributed by atoms with Crippen LogP contribution in [0.3, 0.4) is 0 Å². The van der Waals surface area contributed by atoms with Crippen LogP contribution in [0.4, 0.5) is 5.69 Å². The first-order chi connectivity index (χ1) is 16.5. The normalized spacial score (nSPS) is 18.1. The maximum atomic E-state index is 13.7. The third kappa shape index (κ3) is 5.69. The van der Waals surface area contributed by atoms with Gasteiger partial charge in [-0.1, -0.05) is 50.7 Å². The van der Waals surface area contributed by atoms with Gasteiger partial charge in [0.25, 0.3) is 11.8 Å². The Morgan fingerprint density at radius 2 is 1.47 bits per heavy atom. The molecule has 3 amide bonds. The molecule has 1 heterocycles. The molecule has 7 heteroatoms. The van der Waals surface area contributed by atoms with Crippen molar-refractivity contribution < 1.29 is 18.8 Å². The second-order valence-electron chi connectivity index (χ2n) is 9.50. The molecule has 2 saturated carbocycles. The number of rotatable bonds is 7. The van der Waals surface area contributed by atoms with Gasteiger partial charge in [-0.25, -0.2) is 0 Å². The van der Waals surface area contributed by atoms with Gasteiger partial charge in [0.2, 0.25) is 5.91 Å². The Morgan fingerprint density at radius 1 is 0.853 bits per heavy atom. The van der Waals surface area contributed by atoms with Crippen molar-refractivity contribution in [2.75, 3.05) is 5.32 Å². The number of para-hydroxylation sites is 1. The fourth-order valence-corrected chi connectivity index (χ4v) is 5.32. The largest absolute Gasteiger partial charge is 0.459 e. The van der Waals surface area contributed by atoms with Crippen LogP contribution >= 0.6 is 0 Å². The topological polar surface area (TPSA) is 91.6 Å². The van der Waals surface area contributed by atoms with Crippen LogP contribution in [-0.4, -0.2) is 40.7 Å². The molecule has 0 bridgehead atoms. The lowest BCUT2D eigenvalue weighted by molar-refractivity contribution is -0.139. The molecule has 2 aliphatic carbocycles. The van der Waals surface area contributed by atoms with Gasteiger partial charge in [0.1, 0.15) is 6.04 Å². The van der Waals surface area contributed by atoms with Gasteiger partial charge in [-0.05, 0) is 56.9 Å². The van der Waals surface area contributed by atoms with Gasteiger partial charge in [0.15, 0.2) is 5.76 Å². The number of amides is 3. The molecule has 0 spiro atoms. The number of nitrogens with one attached hydrogen (secondary N) is 2. The molecule has 2 aliphatic rings. The molecule has 2 fully saturated rings. The Morgan fingerprint density at radius 3 is 2.06 bits per heavy atom. The third-order valence-corrected chi connectivity index (χ3v) is 7.07. The highest BCUT2D eigenvalue weighted by Crippen LogP contribution is 2.31. The fraction of sp³-hybridized carbons (Fsp3) is 0.519. The van der Waals surface area contributed by atoms with Crippen LogP contribution in [0.15, 0.2) is 47.1 Å². The molecule has 0 aliphatic heterocycles. The second kappa shape index (κ2) is 11.4. The highest BCUT2D eigenvalue weighted by atomic mass is 16.3. The van der Waals surface area contributed by atoms with Crippen molar-refractivity contribution in [2.24, 2.45) is 0 Å². The van der Waals surface area contributed by atoms with Gasteiger partial charge in [0.05, 0.1) is 17.5 Å². The molecule has 0 saturated heterocycles. The highest BCUT2D eigenvalue weighted by Gasteiger charge is 2.35. The van der Waals surface area contributed by atoms with E-state index < -0.39 is 11.9 Å². The summed E-state index contributed by atoms with van der Waals surface area (Å²) in [7, 11) is 0. The number of carbonyl (C=O) groups excluding carboxylic acids is 3. The number of furan rings is 1. The lowest BCUT2D eigenvalue weighted by Gasteiger charge is -2.43. The van der Waals surface area contributed by atoms with Crippen LogP contribution in [-0.2, 0) is 4.79 Å². The van der Waals surface area contributed by atoms with E-state index in [1.165, 1.54) is 19.1 Å². The average molecular weight is 466 g/mol. The third-order valence-electron chi connectivity index (χ3n) is 7.07. The van der Waals surface area contributed by atoms with E-state index in [2.05, 4.69) is 15.5 Å². The number of anilines is 1. The van der Waals surface area contributed by atoms with Crippen molar-refractivity contribution in [3.63, 3.8) is 0 Å². The van der Waals surface area contributed by atoms with Gasteiger partial charge in [-0.15, -0.1) is 0 Å². The number of hydrogen-bond donors (Lipinski definition) is 2. The molecule has 1 aromatic carbocycles. The van der Waals surface area contributed by atoms with E-state index in [0.29, 0.717) is 11.3 Å². The molecule has 7 nitrogen and oxygen atoms in total. The van der Waals surface area contributed by atoms with Crippen LogP contribution < -0.4 is 10.6 Å². The fourth-order valence-electron chi connectivity index (χ4n) is 5.32. The van der Waals surface area contributed by atoms with Gasteiger partial charge in [-0.2, -0.15) is 0 Å². The number of hydrogen-bond acceptors (Lipinski definition) is 4. The van der Waals surface area contributed by atoms with E-state index in [9.17, 15) is 14.4 Å². The molecule has 1 atom stereocenters. The summed E-state index contributed by atoms with van der Waals surface area (Å²) in [5.74, 6) is -0.655. The monoisotopic (exact) mass is 465 g/mol. The summed E-state index contributed by atoms with van der Waals surface area (Å²) in [4.78, 5) is 41.4. The van der Waals surface area contributed by atoms with Crippen LogP contribution in [0.2, 0.25) is 0 Å². The van der Waals surface area contributed by atoms with E-state index in [-0.39, 0.29) is 29.7 Å². The molecule has 2 N–H and O–H groups in total. The Balaban J connectivity index is 1.46. The minimum absolute atomic E-state index is 0.00394. The molecule has 2 aromatic rings. The molecule has 4 rings (SSSR count). The molecule has 1 aromatic heterocycles. The van der Waals surface area contributed by atoms with Crippen LogP contribution in [0.25, 0.3) is 0 Å². The predicted octanol–water partition coefficient (Wildman–Crippen LogP) is 5.14. The van der Waals surface area contributed by atoms with Gasteiger partial charge < -0.3 is 20.0 Å². The molecular weight excluding hydrogens is 430 g/mol. The lowest BCUT2D eigenvalue weighted by Crippen LogP contribution is -2.55. The zero-order chi connectivity index (χ0) is 23.9. The van der Waals surface area contributed by atoms with Gasteiger partial charge >= 0.3 is 0 Å². The molecule has 0 radical (unpaired) electrons. The molecule has 182 valence electrons. The smallest absolute Gasteiger partial charge is 0.291 e. The minimum Gasteiger partial charge on any atom is -0.459 e. The van der Waals surface area contributed by atoms with E-state index in [1.807, 2.05) is 0 Å². The first-order valence-electron chi connectivity index (χ1n) is 12.6. The summed E-state index contributed by atoms with van der Waals surface area (Å²) >= 11 is 0. The average Bonchev–Trinajstić information content (AvgIpc) is 3.41. The molecule has 0 unspecified atom stereocenters. The molecular formula is C27H35N3O4. The predicted molar refractivity (Wildman–Crippen MR) is 131 cm³/mol. The Kier molecular flexibility index (Phi) is 8.03. The summed E-state index contributed by atoms with van der Waals surface area (Å²) in [5, 5.41) is 5.63. The minimum atomic E-state index is -0.648. The second-order valence-corrected chi connectivity index (χ2v) is 9.50. The standard InChI is InChI=1S/C27H35N3O4/c1-19(27(33)30(20-11-4-2-5-12-20)21-13-6-3-7-14-21)28-25(31)22-15-8-9-16-23(22)29-26(32)24-17-10-18-34-24/h8-10,15-21H,2-7,11-14H2,1H3,(H,28,31)(H,29,32)/t19-/m0/s1. The first-order valence-corrected chi connectivity index (χ1v) is 12.6. The van der Waals surface area contributed by atoms with E-state index in [4.69, 9.17) is 4.42 Å². The summed E-state index contributed by atoms with van der Waals surface area (Å²) in [6.07, 6.45) is 12.7. The van der Waals surface area contributed by atoms with Crippen molar-refractivity contribution >= 4 is 23.4 Å². The van der Waals surface area contributed by atoms with Crippen LogP contribution in [0.5, 0.6) is 0 Å². The van der Waals surface area contributed by atoms with Gasteiger partial charge in [0, 0.05) is 12.1 Å². The highest BCUT2D eigenvalue weighted by molar-refractivity contribution is 6.08. The van der Waals surface area contributed by atoms with Crippen molar-refractivity contribution in [3.05, 3.63) is 54.0 Å². The SMILES string of the molecule is C[C@H](NC(=O)c1ccccc1NC(=O)c1ccco1)C(=O)N(C1CCCCC1)C1CCCCC1. The summed E-state index contributed by atoms with van der Waals surface area (Å²) in [6, 6.07) is 9.87. The van der Waals surface area contributed by atoms with E-state index >= 15 is 0 Å². The van der Waals surface area contributed by atoms with Crippen LogP contribution in [0, 0.1) is 0 Å². The molecule has 34 heavy (non-hydrogen) atoms. The number of benzene rings is 1. The lowest BCUT2D eigenvalue weighted by atomic mass is 9.88. The van der Waals surface area contributed by atoms with E-state index in [0.717, 1.165) is 51.4 Å². The van der Waals surface area contributed by atoms with Crippen molar-refractivity contribution in [3.8, 4) is 0 Å². The Bertz CT molecular complexity index is 958. The van der Waals surface area contributed by atoms with Crippen LogP contribution in [0.1, 0.15) is 92.0 Å².